The van der Waals surface area contributed by atoms with Gasteiger partial charge in [-0.05, 0) is 24.6 Å². The maximum Gasteiger partial charge on any atom is 0.0577 e. The van der Waals surface area contributed by atoms with Gasteiger partial charge in [0.15, 0.2) is 0 Å². The van der Waals surface area contributed by atoms with Crippen LogP contribution in [-0.4, -0.2) is 13.6 Å². The van der Waals surface area contributed by atoms with Crippen LogP contribution >= 0.6 is 0 Å². The summed E-state index contributed by atoms with van der Waals surface area (Å²) < 4.78 is 0. The Balaban J connectivity index is 2.92. The quantitative estimate of drug-likeness (QED) is 0.701. The highest BCUT2D eigenvalue weighted by molar-refractivity contribution is 5.42. The van der Waals surface area contributed by atoms with E-state index in [9.17, 15) is 0 Å². The third-order valence-electron chi connectivity index (χ3n) is 2.07. The Bertz CT molecular complexity index is 342. The van der Waals surface area contributed by atoms with Crippen molar-refractivity contribution < 1.29 is 0 Å². The lowest BCUT2D eigenvalue weighted by Gasteiger charge is -2.07. The molecule has 0 fully saturated rings. The van der Waals surface area contributed by atoms with Gasteiger partial charge in [-0.1, -0.05) is 43.9 Å². The highest BCUT2D eigenvalue weighted by atomic mass is 14.8. The molecule has 74 valence electrons. The third kappa shape index (κ3) is 2.90. The van der Waals surface area contributed by atoms with Gasteiger partial charge in [0, 0.05) is 5.56 Å². The summed E-state index contributed by atoms with van der Waals surface area (Å²) in [5.41, 5.74) is 2.48. The van der Waals surface area contributed by atoms with Gasteiger partial charge in [-0.15, -0.1) is 0 Å². The zero-order valence-corrected chi connectivity index (χ0v) is 9.09. The van der Waals surface area contributed by atoms with Crippen LogP contribution in [0.2, 0.25) is 0 Å². The highest BCUT2D eigenvalue weighted by Gasteiger charge is 2.02. The van der Waals surface area contributed by atoms with Crippen molar-refractivity contribution in [1.82, 2.24) is 5.32 Å². The molecule has 14 heavy (non-hydrogen) atoms. The van der Waals surface area contributed by atoms with Gasteiger partial charge in [0.2, 0.25) is 0 Å². The van der Waals surface area contributed by atoms with Gasteiger partial charge in [-0.3, -0.25) is 0 Å². The molecular weight excluding hydrogens is 170 g/mol. The summed E-state index contributed by atoms with van der Waals surface area (Å²) in [6, 6.07) is 8.33. The van der Waals surface area contributed by atoms with Crippen LogP contribution in [0.4, 0.5) is 0 Å². The van der Waals surface area contributed by atoms with Crippen LogP contribution in [0.15, 0.2) is 24.3 Å². The van der Waals surface area contributed by atoms with Gasteiger partial charge in [0.1, 0.15) is 0 Å². The summed E-state index contributed by atoms with van der Waals surface area (Å²) >= 11 is 0. The van der Waals surface area contributed by atoms with E-state index < -0.39 is 0 Å². The van der Waals surface area contributed by atoms with Crippen molar-refractivity contribution in [2.75, 3.05) is 13.6 Å². The molecule has 1 nitrogen and oxygen atoms in total. The fraction of sp³-hybridized carbons (Fsp3) is 0.385. The Labute approximate surface area is 86.5 Å². The molecule has 0 heterocycles. The molecule has 0 atom stereocenters. The lowest BCUT2D eigenvalue weighted by Crippen LogP contribution is -2.04. The second-order valence-corrected chi connectivity index (χ2v) is 3.57. The number of benzene rings is 1. The Hall–Kier alpha value is -1.26. The average Bonchev–Trinajstić information content (AvgIpc) is 2.19. The predicted molar refractivity (Wildman–Crippen MR) is 61.3 cm³/mol. The Kier molecular flexibility index (Phi) is 4.22. The molecule has 0 aliphatic heterocycles. The van der Waals surface area contributed by atoms with Gasteiger partial charge in [0.05, 0.1) is 6.54 Å². The first-order chi connectivity index (χ1) is 6.75. The lowest BCUT2D eigenvalue weighted by atomic mass is 9.98. The first-order valence-electron chi connectivity index (χ1n) is 4.98. The highest BCUT2D eigenvalue weighted by Crippen LogP contribution is 2.17. The summed E-state index contributed by atoms with van der Waals surface area (Å²) in [4.78, 5) is 0. The Morgan fingerprint density at radius 2 is 2.00 bits per heavy atom. The van der Waals surface area contributed by atoms with E-state index in [4.69, 9.17) is 0 Å². The fourth-order valence-corrected chi connectivity index (χ4v) is 1.34. The number of nitrogens with one attached hydrogen (secondary N) is 1. The van der Waals surface area contributed by atoms with Crippen molar-refractivity contribution in [1.29, 1.82) is 0 Å². The molecule has 0 bridgehead atoms. The normalized spacial score (nSPS) is 9.71. The number of hydrogen-bond donors (Lipinski definition) is 1. The van der Waals surface area contributed by atoms with E-state index in [1.54, 1.807) is 0 Å². The molecule has 1 N–H and O–H groups in total. The maximum absolute atomic E-state index is 3.18. The molecule has 0 saturated heterocycles. The Morgan fingerprint density at radius 3 is 2.64 bits per heavy atom. The van der Waals surface area contributed by atoms with E-state index >= 15 is 0 Å². The van der Waals surface area contributed by atoms with Crippen LogP contribution in [0.3, 0.4) is 0 Å². The van der Waals surface area contributed by atoms with E-state index in [0.29, 0.717) is 5.92 Å². The molecule has 0 spiro atoms. The summed E-state index contributed by atoms with van der Waals surface area (Å²) in [5, 5.41) is 3.01. The lowest BCUT2D eigenvalue weighted by molar-refractivity contribution is 0.863. The minimum atomic E-state index is 0.537. The van der Waals surface area contributed by atoms with E-state index in [-0.39, 0.29) is 0 Å². The van der Waals surface area contributed by atoms with Gasteiger partial charge < -0.3 is 5.32 Å². The molecule has 1 aromatic carbocycles. The first-order valence-corrected chi connectivity index (χ1v) is 4.98. The second-order valence-electron chi connectivity index (χ2n) is 3.57. The van der Waals surface area contributed by atoms with Gasteiger partial charge in [-0.2, -0.15) is 0 Å². The predicted octanol–water partition coefficient (Wildman–Crippen LogP) is 2.38. The van der Waals surface area contributed by atoms with E-state index in [1.807, 2.05) is 13.1 Å². The zero-order chi connectivity index (χ0) is 10.4. The molecule has 0 amide bonds. The van der Waals surface area contributed by atoms with Gasteiger partial charge in [0.25, 0.3) is 0 Å². The molecule has 1 rings (SSSR count). The van der Waals surface area contributed by atoms with Crippen LogP contribution in [0, 0.1) is 11.8 Å². The van der Waals surface area contributed by atoms with E-state index in [1.165, 1.54) is 5.56 Å². The molecule has 1 aromatic rings. The van der Waals surface area contributed by atoms with Crippen LogP contribution in [0.5, 0.6) is 0 Å². The van der Waals surface area contributed by atoms with Crippen LogP contribution in [0.25, 0.3) is 0 Å². The molecule has 0 saturated carbocycles. The SMILES string of the molecule is CNCC#Cc1ccccc1C(C)C. The largest absolute Gasteiger partial charge is 0.309 e. The van der Waals surface area contributed by atoms with Crippen molar-refractivity contribution in [3.05, 3.63) is 35.4 Å². The van der Waals surface area contributed by atoms with Gasteiger partial charge in [-0.25, -0.2) is 0 Å². The molecular formula is C13H17N. The molecule has 0 aliphatic rings. The standard InChI is InChI=1S/C13H17N/c1-11(2)13-9-5-4-7-12(13)8-6-10-14-3/h4-5,7,9,11,14H,10H2,1-3H3. The first kappa shape index (κ1) is 10.8. The van der Waals surface area contributed by atoms with Crippen molar-refractivity contribution in [2.45, 2.75) is 19.8 Å². The molecule has 0 aromatic heterocycles. The third-order valence-corrected chi connectivity index (χ3v) is 2.07. The van der Waals surface area contributed by atoms with Crippen molar-refractivity contribution >= 4 is 0 Å². The summed E-state index contributed by atoms with van der Waals surface area (Å²) in [5.74, 6) is 6.81. The average molecular weight is 187 g/mol. The van der Waals surface area contributed by atoms with E-state index in [0.717, 1.165) is 12.1 Å². The summed E-state index contributed by atoms with van der Waals surface area (Å²) in [6.07, 6.45) is 0. The maximum atomic E-state index is 3.18. The molecule has 0 unspecified atom stereocenters. The second kappa shape index (κ2) is 5.47. The number of hydrogen-bond acceptors (Lipinski definition) is 1. The van der Waals surface area contributed by atoms with Crippen molar-refractivity contribution in [3.8, 4) is 11.8 Å². The summed E-state index contributed by atoms with van der Waals surface area (Å²) in [6.45, 7) is 5.13. The molecule has 1 heteroatoms. The van der Waals surface area contributed by atoms with Gasteiger partial charge >= 0.3 is 0 Å². The summed E-state index contributed by atoms with van der Waals surface area (Å²) in [7, 11) is 1.91. The minimum Gasteiger partial charge on any atom is -0.309 e. The monoisotopic (exact) mass is 187 g/mol. The van der Waals surface area contributed by atoms with Crippen LogP contribution < -0.4 is 5.32 Å². The Morgan fingerprint density at radius 1 is 1.29 bits per heavy atom. The molecule has 0 aliphatic carbocycles. The van der Waals surface area contributed by atoms with E-state index in [2.05, 4.69) is 49.2 Å². The van der Waals surface area contributed by atoms with Crippen molar-refractivity contribution in [3.63, 3.8) is 0 Å². The van der Waals surface area contributed by atoms with Crippen LogP contribution in [0.1, 0.15) is 30.9 Å². The smallest absolute Gasteiger partial charge is 0.0577 e. The number of rotatable bonds is 2. The zero-order valence-electron chi connectivity index (χ0n) is 9.09. The minimum absolute atomic E-state index is 0.537. The fourth-order valence-electron chi connectivity index (χ4n) is 1.34. The van der Waals surface area contributed by atoms with Crippen LogP contribution in [-0.2, 0) is 0 Å². The molecule has 0 radical (unpaired) electrons. The topological polar surface area (TPSA) is 12.0 Å². The van der Waals surface area contributed by atoms with Crippen molar-refractivity contribution in [2.24, 2.45) is 0 Å².